The molecule has 0 saturated carbocycles. The first-order chi connectivity index (χ1) is 9.17. The molecule has 1 N–H and O–H groups in total. The molecule has 0 aromatic heterocycles. The zero-order valence-corrected chi connectivity index (χ0v) is 11.1. The van der Waals surface area contributed by atoms with E-state index in [0.717, 1.165) is 12.1 Å². The number of ether oxygens (including phenoxy) is 3. The van der Waals surface area contributed by atoms with Crippen LogP contribution in [0.15, 0.2) is 18.2 Å². The van der Waals surface area contributed by atoms with Gasteiger partial charge in [0.15, 0.2) is 11.5 Å². The molecular weight excluding hydrogens is 256 g/mol. The fraction of sp³-hybridized carbons (Fsp3) is 0.538. The van der Waals surface area contributed by atoms with Crippen molar-refractivity contribution in [3.05, 3.63) is 23.8 Å². The van der Waals surface area contributed by atoms with E-state index in [0.29, 0.717) is 25.5 Å². The molecule has 0 aliphatic heterocycles. The van der Waals surface area contributed by atoms with Gasteiger partial charge in [-0.05, 0) is 24.6 Å². The molecular formula is C13H19F2NO3. The molecule has 1 aromatic rings. The standard InChI is InChI=1S/C13H19F2NO3/c1-3-18-12-8-10(9-16-6-7-17-2)4-5-11(12)19-13(14)15/h4-5,8,13,16H,3,6-7,9H2,1-2H3. The predicted molar refractivity (Wildman–Crippen MR) is 67.8 cm³/mol. The molecule has 0 unspecified atom stereocenters. The van der Waals surface area contributed by atoms with Gasteiger partial charge in [-0.1, -0.05) is 6.07 Å². The number of hydrogen-bond donors (Lipinski definition) is 1. The lowest BCUT2D eigenvalue weighted by Gasteiger charge is -2.13. The van der Waals surface area contributed by atoms with E-state index in [1.165, 1.54) is 6.07 Å². The van der Waals surface area contributed by atoms with Gasteiger partial charge in [-0.15, -0.1) is 0 Å². The van der Waals surface area contributed by atoms with Crippen LogP contribution >= 0.6 is 0 Å². The molecule has 0 aliphatic carbocycles. The minimum atomic E-state index is -2.86. The summed E-state index contributed by atoms with van der Waals surface area (Å²) in [5.41, 5.74) is 0.932. The van der Waals surface area contributed by atoms with Crippen molar-refractivity contribution in [2.45, 2.75) is 20.1 Å². The van der Waals surface area contributed by atoms with E-state index in [-0.39, 0.29) is 5.75 Å². The smallest absolute Gasteiger partial charge is 0.387 e. The molecule has 0 saturated heterocycles. The average molecular weight is 275 g/mol. The molecule has 0 aliphatic rings. The summed E-state index contributed by atoms with van der Waals surface area (Å²) in [6, 6.07) is 4.91. The maximum atomic E-state index is 12.2. The summed E-state index contributed by atoms with van der Waals surface area (Å²) >= 11 is 0. The molecule has 0 spiro atoms. The minimum Gasteiger partial charge on any atom is -0.490 e. The second-order valence-corrected chi connectivity index (χ2v) is 3.76. The zero-order valence-electron chi connectivity index (χ0n) is 11.1. The number of alkyl halides is 2. The second kappa shape index (κ2) is 8.66. The van der Waals surface area contributed by atoms with E-state index in [1.54, 1.807) is 26.2 Å². The fourth-order valence-corrected chi connectivity index (χ4v) is 1.53. The molecule has 0 heterocycles. The molecule has 0 atom stereocenters. The largest absolute Gasteiger partial charge is 0.490 e. The van der Waals surface area contributed by atoms with Gasteiger partial charge in [0.1, 0.15) is 0 Å². The van der Waals surface area contributed by atoms with E-state index in [9.17, 15) is 8.78 Å². The maximum Gasteiger partial charge on any atom is 0.387 e. The number of nitrogens with one attached hydrogen (secondary N) is 1. The fourth-order valence-electron chi connectivity index (χ4n) is 1.53. The van der Waals surface area contributed by atoms with Crippen LogP contribution in [0.1, 0.15) is 12.5 Å². The van der Waals surface area contributed by atoms with Gasteiger partial charge < -0.3 is 19.5 Å². The van der Waals surface area contributed by atoms with Crippen molar-refractivity contribution in [2.24, 2.45) is 0 Å². The number of benzene rings is 1. The van der Waals surface area contributed by atoms with Crippen molar-refractivity contribution >= 4 is 0 Å². The minimum absolute atomic E-state index is 0.0532. The van der Waals surface area contributed by atoms with Crippen LogP contribution in [0.5, 0.6) is 11.5 Å². The van der Waals surface area contributed by atoms with Gasteiger partial charge in [0.2, 0.25) is 0 Å². The Morgan fingerprint density at radius 3 is 2.68 bits per heavy atom. The van der Waals surface area contributed by atoms with Gasteiger partial charge in [-0.2, -0.15) is 8.78 Å². The molecule has 0 fully saturated rings. The summed E-state index contributed by atoms with van der Waals surface area (Å²) in [6.45, 7) is 1.26. The summed E-state index contributed by atoms with van der Waals surface area (Å²) in [4.78, 5) is 0. The third-order valence-electron chi connectivity index (χ3n) is 2.34. The average Bonchev–Trinajstić information content (AvgIpc) is 2.37. The Balaban J connectivity index is 2.66. The molecule has 19 heavy (non-hydrogen) atoms. The van der Waals surface area contributed by atoms with Crippen LogP contribution in [-0.4, -0.2) is 33.5 Å². The Morgan fingerprint density at radius 2 is 2.05 bits per heavy atom. The molecule has 1 aromatic carbocycles. The van der Waals surface area contributed by atoms with Gasteiger partial charge in [0.25, 0.3) is 0 Å². The molecule has 4 nitrogen and oxygen atoms in total. The van der Waals surface area contributed by atoms with Crippen molar-refractivity contribution in [3.8, 4) is 11.5 Å². The summed E-state index contributed by atoms with van der Waals surface area (Å²) < 4.78 is 39.1. The SMILES string of the molecule is CCOc1cc(CNCCOC)ccc1OC(F)F. The van der Waals surface area contributed by atoms with Gasteiger partial charge in [-0.25, -0.2) is 0 Å². The van der Waals surface area contributed by atoms with Crippen LogP contribution in [0.4, 0.5) is 8.78 Å². The Bertz CT molecular complexity index is 375. The highest BCUT2D eigenvalue weighted by Gasteiger charge is 2.11. The van der Waals surface area contributed by atoms with Gasteiger partial charge >= 0.3 is 6.61 Å². The third kappa shape index (κ3) is 5.85. The van der Waals surface area contributed by atoms with Crippen molar-refractivity contribution in [1.82, 2.24) is 5.32 Å². The first kappa shape index (κ1) is 15.7. The molecule has 1 rings (SSSR count). The highest BCUT2D eigenvalue weighted by Crippen LogP contribution is 2.29. The van der Waals surface area contributed by atoms with Crippen LogP contribution in [0.3, 0.4) is 0 Å². The van der Waals surface area contributed by atoms with E-state index in [4.69, 9.17) is 9.47 Å². The Morgan fingerprint density at radius 1 is 1.26 bits per heavy atom. The van der Waals surface area contributed by atoms with Crippen molar-refractivity contribution in [1.29, 1.82) is 0 Å². The quantitative estimate of drug-likeness (QED) is 0.703. The van der Waals surface area contributed by atoms with Crippen LogP contribution in [0.25, 0.3) is 0 Å². The van der Waals surface area contributed by atoms with Crippen LogP contribution in [-0.2, 0) is 11.3 Å². The lowest BCUT2D eigenvalue weighted by atomic mass is 10.2. The van der Waals surface area contributed by atoms with E-state index >= 15 is 0 Å². The number of rotatable bonds is 9. The predicted octanol–water partition coefficient (Wildman–Crippen LogP) is 2.42. The Kier molecular flexibility index (Phi) is 7.14. The topological polar surface area (TPSA) is 39.7 Å². The summed E-state index contributed by atoms with van der Waals surface area (Å²) in [5, 5.41) is 3.16. The van der Waals surface area contributed by atoms with E-state index < -0.39 is 6.61 Å². The summed E-state index contributed by atoms with van der Waals surface area (Å²) in [7, 11) is 1.63. The number of methoxy groups -OCH3 is 1. The van der Waals surface area contributed by atoms with Crippen LogP contribution in [0, 0.1) is 0 Å². The molecule has 0 radical (unpaired) electrons. The van der Waals surface area contributed by atoms with Crippen LogP contribution < -0.4 is 14.8 Å². The summed E-state index contributed by atoms with van der Waals surface area (Å²) in [6.07, 6.45) is 0. The van der Waals surface area contributed by atoms with E-state index in [1.807, 2.05) is 0 Å². The molecule has 108 valence electrons. The second-order valence-electron chi connectivity index (χ2n) is 3.76. The van der Waals surface area contributed by atoms with Crippen molar-refractivity contribution in [2.75, 3.05) is 26.9 Å². The van der Waals surface area contributed by atoms with E-state index in [2.05, 4.69) is 10.1 Å². The maximum absolute atomic E-state index is 12.2. The lowest BCUT2D eigenvalue weighted by molar-refractivity contribution is -0.0514. The molecule has 6 heteroatoms. The third-order valence-corrected chi connectivity index (χ3v) is 2.34. The molecule has 0 bridgehead atoms. The monoisotopic (exact) mass is 275 g/mol. The Hall–Kier alpha value is -1.40. The van der Waals surface area contributed by atoms with Crippen LogP contribution in [0.2, 0.25) is 0 Å². The first-order valence-corrected chi connectivity index (χ1v) is 6.07. The highest BCUT2D eigenvalue weighted by atomic mass is 19.3. The number of hydrogen-bond acceptors (Lipinski definition) is 4. The van der Waals surface area contributed by atoms with Crippen molar-refractivity contribution in [3.63, 3.8) is 0 Å². The first-order valence-electron chi connectivity index (χ1n) is 6.07. The zero-order chi connectivity index (χ0) is 14.1. The number of halogens is 2. The lowest BCUT2D eigenvalue weighted by Crippen LogP contribution is -2.18. The molecule has 0 amide bonds. The van der Waals surface area contributed by atoms with Gasteiger partial charge in [0.05, 0.1) is 13.2 Å². The summed E-state index contributed by atoms with van der Waals surface area (Å²) in [5.74, 6) is 0.381. The highest BCUT2D eigenvalue weighted by molar-refractivity contribution is 5.43. The Labute approximate surface area is 111 Å². The van der Waals surface area contributed by atoms with Crippen molar-refractivity contribution < 1.29 is 23.0 Å². The normalized spacial score (nSPS) is 10.8. The van der Waals surface area contributed by atoms with Gasteiger partial charge in [-0.3, -0.25) is 0 Å². The van der Waals surface area contributed by atoms with Gasteiger partial charge in [0, 0.05) is 20.2 Å².